The molecule has 1 unspecified atom stereocenters. The molecule has 0 N–H and O–H groups in total. The zero-order chi connectivity index (χ0) is 13.0. The van der Waals surface area contributed by atoms with Crippen LogP contribution in [0.25, 0.3) is 0 Å². The molecule has 100 valence electrons. The summed E-state index contributed by atoms with van der Waals surface area (Å²) in [4.78, 5) is 12.6. The highest BCUT2D eigenvalue weighted by atomic mass is 32.2. The van der Waals surface area contributed by atoms with E-state index >= 15 is 0 Å². The number of carbonyl (C=O) groups is 1. The number of hydrogen-bond donors (Lipinski definition) is 0. The van der Waals surface area contributed by atoms with Gasteiger partial charge in [-0.2, -0.15) is 5.10 Å². The normalized spacial score (nSPS) is 23.4. The lowest BCUT2D eigenvalue weighted by Gasteiger charge is -2.21. The van der Waals surface area contributed by atoms with Gasteiger partial charge in [-0.15, -0.1) is 11.8 Å². The lowest BCUT2D eigenvalue weighted by Crippen LogP contribution is -2.31. The van der Waals surface area contributed by atoms with E-state index in [1.807, 2.05) is 10.7 Å². The molecule has 1 aromatic rings. The standard InChI is InChI=1S/C13H20N2O2S/c1-13(6-3-10-18-13)12(16)11-5-7-14-15(11)8-4-9-17-2/h5,7H,3-4,6,8-10H2,1-2H3. The minimum absolute atomic E-state index is 0.222. The second kappa shape index (κ2) is 5.89. The van der Waals surface area contributed by atoms with E-state index in [1.165, 1.54) is 0 Å². The van der Waals surface area contributed by atoms with Gasteiger partial charge in [0, 0.05) is 26.5 Å². The predicted molar refractivity (Wildman–Crippen MR) is 73.1 cm³/mol. The van der Waals surface area contributed by atoms with Crippen molar-refractivity contribution in [1.82, 2.24) is 9.78 Å². The van der Waals surface area contributed by atoms with Crippen LogP contribution in [-0.4, -0.2) is 39.8 Å². The van der Waals surface area contributed by atoms with E-state index in [-0.39, 0.29) is 10.5 Å². The van der Waals surface area contributed by atoms with Crippen molar-refractivity contribution in [3.63, 3.8) is 0 Å². The molecular formula is C13H20N2O2S. The van der Waals surface area contributed by atoms with Gasteiger partial charge in [-0.05, 0) is 38.0 Å². The molecule has 1 aliphatic heterocycles. The Labute approximate surface area is 112 Å². The van der Waals surface area contributed by atoms with E-state index in [9.17, 15) is 4.79 Å². The number of rotatable bonds is 6. The molecule has 0 radical (unpaired) electrons. The smallest absolute Gasteiger partial charge is 0.196 e. The number of hydrogen-bond acceptors (Lipinski definition) is 4. The van der Waals surface area contributed by atoms with Crippen molar-refractivity contribution in [2.75, 3.05) is 19.5 Å². The van der Waals surface area contributed by atoms with Crippen LogP contribution in [-0.2, 0) is 11.3 Å². The summed E-state index contributed by atoms with van der Waals surface area (Å²) in [5, 5.41) is 4.24. The van der Waals surface area contributed by atoms with Crippen molar-refractivity contribution in [2.45, 2.75) is 37.5 Å². The van der Waals surface area contributed by atoms with Gasteiger partial charge in [-0.3, -0.25) is 9.48 Å². The van der Waals surface area contributed by atoms with Crippen LogP contribution in [0.4, 0.5) is 0 Å². The Hall–Kier alpha value is -0.810. The number of Topliss-reactive ketones (excluding diaryl/α,β-unsaturated/α-hetero) is 1. The second-order valence-electron chi connectivity index (χ2n) is 4.80. The van der Waals surface area contributed by atoms with Crippen molar-refractivity contribution in [2.24, 2.45) is 0 Å². The molecule has 0 bridgehead atoms. The maximum Gasteiger partial charge on any atom is 0.196 e. The first-order chi connectivity index (χ1) is 8.67. The molecule has 4 nitrogen and oxygen atoms in total. The maximum absolute atomic E-state index is 12.6. The third kappa shape index (κ3) is 2.78. The number of nitrogens with zero attached hydrogens (tertiary/aromatic N) is 2. The number of ketones is 1. The maximum atomic E-state index is 12.6. The molecule has 0 aromatic carbocycles. The molecule has 0 spiro atoms. The summed E-state index contributed by atoms with van der Waals surface area (Å²) in [6.45, 7) is 3.49. The Morgan fingerprint density at radius 1 is 1.67 bits per heavy atom. The predicted octanol–water partition coefficient (Wildman–Crippen LogP) is 2.39. The van der Waals surface area contributed by atoms with Gasteiger partial charge in [0.15, 0.2) is 5.78 Å². The molecule has 0 aliphatic carbocycles. The first kappa shape index (κ1) is 13.6. The van der Waals surface area contributed by atoms with Gasteiger partial charge in [0.2, 0.25) is 0 Å². The second-order valence-corrected chi connectivity index (χ2v) is 6.40. The van der Waals surface area contributed by atoms with Crippen molar-refractivity contribution >= 4 is 17.5 Å². The Morgan fingerprint density at radius 3 is 3.17 bits per heavy atom. The number of methoxy groups -OCH3 is 1. The zero-order valence-corrected chi connectivity index (χ0v) is 11.8. The largest absolute Gasteiger partial charge is 0.385 e. The Morgan fingerprint density at radius 2 is 2.50 bits per heavy atom. The van der Waals surface area contributed by atoms with Crippen molar-refractivity contribution in [1.29, 1.82) is 0 Å². The number of carbonyl (C=O) groups excluding carboxylic acids is 1. The minimum Gasteiger partial charge on any atom is -0.385 e. The molecular weight excluding hydrogens is 248 g/mol. The number of thioether (sulfide) groups is 1. The van der Waals surface area contributed by atoms with Gasteiger partial charge in [-0.25, -0.2) is 0 Å². The summed E-state index contributed by atoms with van der Waals surface area (Å²) in [6.07, 6.45) is 4.69. The van der Waals surface area contributed by atoms with Crippen LogP contribution in [0, 0.1) is 0 Å². The SMILES string of the molecule is COCCCn1nccc1C(=O)C1(C)CCCS1. The van der Waals surface area contributed by atoms with E-state index in [1.54, 1.807) is 25.1 Å². The van der Waals surface area contributed by atoms with Gasteiger partial charge in [0.1, 0.15) is 5.69 Å². The molecule has 1 saturated heterocycles. The highest BCUT2D eigenvalue weighted by molar-refractivity contribution is 8.01. The fourth-order valence-electron chi connectivity index (χ4n) is 2.29. The van der Waals surface area contributed by atoms with Crippen molar-refractivity contribution < 1.29 is 9.53 Å². The lowest BCUT2D eigenvalue weighted by atomic mass is 9.98. The highest BCUT2D eigenvalue weighted by Crippen LogP contribution is 2.40. The number of aryl methyl sites for hydroxylation is 1. The van der Waals surface area contributed by atoms with Crippen LogP contribution in [0.3, 0.4) is 0 Å². The topological polar surface area (TPSA) is 44.1 Å². The first-order valence-electron chi connectivity index (χ1n) is 6.37. The monoisotopic (exact) mass is 268 g/mol. The summed E-state index contributed by atoms with van der Waals surface area (Å²) >= 11 is 1.77. The zero-order valence-electron chi connectivity index (χ0n) is 11.0. The molecule has 18 heavy (non-hydrogen) atoms. The summed E-state index contributed by atoms with van der Waals surface area (Å²) in [7, 11) is 1.69. The van der Waals surface area contributed by atoms with Crippen LogP contribution >= 0.6 is 11.8 Å². The third-order valence-electron chi connectivity index (χ3n) is 3.37. The van der Waals surface area contributed by atoms with Gasteiger partial charge in [0.05, 0.1) is 4.75 Å². The van der Waals surface area contributed by atoms with Crippen LogP contribution in [0.15, 0.2) is 12.3 Å². The van der Waals surface area contributed by atoms with E-state index in [2.05, 4.69) is 12.0 Å². The number of ether oxygens (including phenoxy) is 1. The van der Waals surface area contributed by atoms with Crippen LogP contribution < -0.4 is 0 Å². The minimum atomic E-state index is -0.251. The Bertz CT molecular complexity index is 411. The average Bonchev–Trinajstić information content (AvgIpc) is 2.98. The summed E-state index contributed by atoms with van der Waals surface area (Å²) in [5.74, 6) is 1.31. The van der Waals surface area contributed by atoms with Gasteiger partial charge in [0.25, 0.3) is 0 Å². The van der Waals surface area contributed by atoms with Crippen LogP contribution in [0.1, 0.15) is 36.7 Å². The van der Waals surface area contributed by atoms with Gasteiger partial charge >= 0.3 is 0 Å². The molecule has 1 aliphatic rings. The van der Waals surface area contributed by atoms with E-state index in [0.717, 1.165) is 37.3 Å². The van der Waals surface area contributed by atoms with Crippen LogP contribution in [0.5, 0.6) is 0 Å². The summed E-state index contributed by atoms with van der Waals surface area (Å²) in [5.41, 5.74) is 0.739. The molecule has 0 saturated carbocycles. The molecule has 1 atom stereocenters. The number of aromatic nitrogens is 2. The first-order valence-corrected chi connectivity index (χ1v) is 7.35. The lowest BCUT2D eigenvalue weighted by molar-refractivity contribution is 0.0936. The molecule has 2 rings (SSSR count). The Kier molecular flexibility index (Phi) is 4.45. The van der Waals surface area contributed by atoms with E-state index in [4.69, 9.17) is 4.74 Å². The third-order valence-corrected chi connectivity index (χ3v) is 4.89. The Balaban J connectivity index is 2.08. The summed E-state index contributed by atoms with van der Waals surface area (Å²) in [6, 6.07) is 1.83. The van der Waals surface area contributed by atoms with Gasteiger partial charge < -0.3 is 4.74 Å². The quantitative estimate of drug-likeness (QED) is 0.587. The van der Waals surface area contributed by atoms with Crippen molar-refractivity contribution in [3.8, 4) is 0 Å². The summed E-state index contributed by atoms with van der Waals surface area (Å²) < 4.78 is 6.59. The van der Waals surface area contributed by atoms with E-state index < -0.39 is 0 Å². The highest BCUT2D eigenvalue weighted by Gasteiger charge is 2.38. The fraction of sp³-hybridized carbons (Fsp3) is 0.692. The molecule has 5 heteroatoms. The molecule has 1 aromatic heterocycles. The molecule has 0 amide bonds. The van der Waals surface area contributed by atoms with E-state index in [0.29, 0.717) is 6.61 Å². The van der Waals surface area contributed by atoms with Crippen LogP contribution in [0.2, 0.25) is 0 Å². The molecule has 2 heterocycles. The molecule has 1 fully saturated rings. The average molecular weight is 268 g/mol. The van der Waals surface area contributed by atoms with Gasteiger partial charge in [-0.1, -0.05) is 0 Å². The fourth-order valence-corrected chi connectivity index (χ4v) is 3.56. The van der Waals surface area contributed by atoms with Crippen molar-refractivity contribution in [3.05, 3.63) is 18.0 Å².